The van der Waals surface area contributed by atoms with E-state index in [0.29, 0.717) is 17.2 Å². The maximum atomic E-state index is 12.4. The van der Waals surface area contributed by atoms with E-state index in [0.717, 1.165) is 41.7 Å². The highest BCUT2D eigenvalue weighted by molar-refractivity contribution is 7.17. The number of urea groups is 1. The second-order valence-electron chi connectivity index (χ2n) is 5.74. The second kappa shape index (κ2) is 8.57. The third kappa shape index (κ3) is 4.26. The van der Waals surface area contributed by atoms with E-state index in [1.807, 2.05) is 0 Å². The second-order valence-corrected chi connectivity index (χ2v) is 6.85. The lowest BCUT2D eigenvalue weighted by molar-refractivity contribution is 0.0526. The van der Waals surface area contributed by atoms with Gasteiger partial charge in [0.05, 0.1) is 18.4 Å². The monoisotopic (exact) mass is 372 g/mol. The van der Waals surface area contributed by atoms with E-state index >= 15 is 0 Å². The van der Waals surface area contributed by atoms with Gasteiger partial charge in [-0.2, -0.15) is 5.10 Å². The fraction of sp³-hybridized carbons (Fsp3) is 0.333. The Hall–Kier alpha value is -2.74. The maximum Gasteiger partial charge on any atom is 0.341 e. The Morgan fingerprint density at radius 2 is 2.08 bits per heavy atom. The Bertz CT molecular complexity index is 817. The molecule has 3 rings (SSSR count). The average Bonchev–Trinajstić information content (AvgIpc) is 3.00. The normalized spacial score (nSPS) is 13.3. The van der Waals surface area contributed by atoms with Crippen LogP contribution in [-0.4, -0.2) is 29.8 Å². The highest BCUT2D eigenvalue weighted by atomic mass is 32.1. The van der Waals surface area contributed by atoms with Gasteiger partial charge in [0.2, 0.25) is 0 Å². The number of nitrogens with zero attached hydrogens (tertiary/aromatic N) is 2. The first-order valence-electron chi connectivity index (χ1n) is 8.50. The number of hydrogen-bond donors (Lipinski definition) is 2. The van der Waals surface area contributed by atoms with Gasteiger partial charge in [0.1, 0.15) is 5.00 Å². The summed E-state index contributed by atoms with van der Waals surface area (Å²) in [6.07, 6.45) is 8.70. The number of thiophene rings is 1. The molecular formula is C18H20N4O3S. The number of hydrogen-bond acceptors (Lipinski definition) is 6. The Labute approximate surface area is 155 Å². The minimum absolute atomic E-state index is 0.297. The highest BCUT2D eigenvalue weighted by Gasteiger charge is 2.27. The van der Waals surface area contributed by atoms with E-state index in [1.165, 1.54) is 17.6 Å². The number of amides is 2. The van der Waals surface area contributed by atoms with Gasteiger partial charge in [0.25, 0.3) is 0 Å². The Kier molecular flexibility index (Phi) is 5.96. The zero-order valence-electron chi connectivity index (χ0n) is 14.4. The molecule has 0 spiro atoms. The molecule has 0 radical (unpaired) electrons. The molecule has 0 unspecified atom stereocenters. The van der Waals surface area contributed by atoms with Gasteiger partial charge in [-0.3, -0.25) is 10.3 Å². The van der Waals surface area contributed by atoms with Crippen molar-refractivity contribution in [2.75, 3.05) is 11.9 Å². The number of anilines is 1. The quantitative estimate of drug-likeness (QED) is 0.478. The van der Waals surface area contributed by atoms with Crippen molar-refractivity contribution >= 4 is 34.6 Å². The number of esters is 1. The molecule has 2 aromatic rings. The van der Waals surface area contributed by atoms with Crippen molar-refractivity contribution in [1.29, 1.82) is 0 Å². The van der Waals surface area contributed by atoms with Crippen LogP contribution in [0, 0.1) is 0 Å². The molecule has 0 atom stereocenters. The summed E-state index contributed by atoms with van der Waals surface area (Å²) in [5, 5.41) is 7.16. The zero-order chi connectivity index (χ0) is 18.4. The zero-order valence-corrected chi connectivity index (χ0v) is 15.3. The summed E-state index contributed by atoms with van der Waals surface area (Å²) in [6.45, 7) is 2.07. The fourth-order valence-electron chi connectivity index (χ4n) is 2.82. The van der Waals surface area contributed by atoms with Gasteiger partial charge in [-0.1, -0.05) is 0 Å². The Morgan fingerprint density at radius 3 is 2.85 bits per heavy atom. The standard InChI is InChI=1S/C18H20N4O3S/c1-2-25-17(23)15-13-5-3-4-6-14(13)26-16(15)21-18(24)22-20-11-12-7-9-19-10-8-12/h7-11H,2-6H2,1H3,(H2,21,22,24). The smallest absolute Gasteiger partial charge is 0.341 e. The molecule has 2 aromatic heterocycles. The van der Waals surface area contributed by atoms with Crippen molar-refractivity contribution in [2.45, 2.75) is 32.6 Å². The first-order chi connectivity index (χ1) is 12.7. The minimum atomic E-state index is -0.501. The van der Waals surface area contributed by atoms with Gasteiger partial charge < -0.3 is 4.74 Å². The average molecular weight is 372 g/mol. The molecule has 2 N–H and O–H groups in total. The van der Waals surface area contributed by atoms with Gasteiger partial charge in [-0.05, 0) is 55.9 Å². The Morgan fingerprint density at radius 1 is 1.31 bits per heavy atom. The van der Waals surface area contributed by atoms with Crippen LogP contribution >= 0.6 is 11.3 Å². The van der Waals surface area contributed by atoms with Crippen molar-refractivity contribution in [2.24, 2.45) is 5.10 Å². The summed E-state index contributed by atoms with van der Waals surface area (Å²) < 4.78 is 5.17. The van der Waals surface area contributed by atoms with E-state index in [2.05, 4.69) is 20.8 Å². The van der Waals surface area contributed by atoms with Crippen LogP contribution in [0.3, 0.4) is 0 Å². The third-order valence-electron chi connectivity index (χ3n) is 3.96. The SMILES string of the molecule is CCOC(=O)c1c(NC(=O)NN=Cc2ccncc2)sc2c1CCCC2. The molecule has 7 nitrogen and oxygen atoms in total. The van der Waals surface area contributed by atoms with Gasteiger partial charge >= 0.3 is 12.0 Å². The van der Waals surface area contributed by atoms with Crippen LogP contribution in [0.2, 0.25) is 0 Å². The highest BCUT2D eigenvalue weighted by Crippen LogP contribution is 2.38. The number of rotatable bonds is 5. The molecule has 2 heterocycles. The number of aryl methyl sites for hydroxylation is 1. The minimum Gasteiger partial charge on any atom is -0.462 e. The molecule has 0 fully saturated rings. The number of fused-ring (bicyclic) bond motifs is 1. The molecule has 136 valence electrons. The molecule has 0 bridgehead atoms. The molecule has 8 heteroatoms. The summed E-state index contributed by atoms with van der Waals surface area (Å²) in [6, 6.07) is 3.05. The maximum absolute atomic E-state index is 12.4. The molecule has 0 saturated heterocycles. The summed E-state index contributed by atoms with van der Waals surface area (Å²) >= 11 is 1.44. The van der Waals surface area contributed by atoms with E-state index in [1.54, 1.807) is 31.5 Å². The third-order valence-corrected chi connectivity index (χ3v) is 5.17. The van der Waals surface area contributed by atoms with Crippen molar-refractivity contribution in [1.82, 2.24) is 10.4 Å². The van der Waals surface area contributed by atoms with Crippen molar-refractivity contribution in [3.63, 3.8) is 0 Å². The summed E-state index contributed by atoms with van der Waals surface area (Å²) in [7, 11) is 0. The largest absolute Gasteiger partial charge is 0.462 e. The number of pyridine rings is 1. The van der Waals surface area contributed by atoms with Gasteiger partial charge in [0.15, 0.2) is 0 Å². The molecule has 0 saturated carbocycles. The van der Waals surface area contributed by atoms with E-state index in [4.69, 9.17) is 4.74 Å². The summed E-state index contributed by atoms with van der Waals surface area (Å²) in [5.41, 5.74) is 4.73. The predicted octanol–water partition coefficient (Wildman–Crippen LogP) is 3.35. The first kappa shape index (κ1) is 18.1. The molecule has 1 aliphatic rings. The number of aromatic nitrogens is 1. The lowest BCUT2D eigenvalue weighted by atomic mass is 9.95. The molecule has 1 aliphatic carbocycles. The molecule has 26 heavy (non-hydrogen) atoms. The van der Waals surface area contributed by atoms with Gasteiger partial charge in [-0.15, -0.1) is 11.3 Å². The van der Waals surface area contributed by atoms with Crippen LogP contribution in [0.4, 0.5) is 9.80 Å². The molecule has 0 aromatic carbocycles. The summed E-state index contributed by atoms with van der Waals surface area (Å²) in [5.74, 6) is -0.387. The van der Waals surface area contributed by atoms with E-state index in [9.17, 15) is 9.59 Å². The van der Waals surface area contributed by atoms with Crippen LogP contribution < -0.4 is 10.7 Å². The lowest BCUT2D eigenvalue weighted by Gasteiger charge is -2.12. The van der Waals surface area contributed by atoms with Crippen LogP contribution in [0.1, 0.15) is 46.1 Å². The van der Waals surface area contributed by atoms with E-state index < -0.39 is 6.03 Å². The van der Waals surface area contributed by atoms with Crippen molar-refractivity contribution in [3.8, 4) is 0 Å². The van der Waals surface area contributed by atoms with E-state index in [-0.39, 0.29) is 5.97 Å². The number of carbonyl (C=O) groups is 2. The Balaban J connectivity index is 1.72. The number of nitrogens with one attached hydrogen (secondary N) is 2. The number of carbonyl (C=O) groups excluding carboxylic acids is 2. The number of hydrazone groups is 1. The molecule has 0 aliphatic heterocycles. The van der Waals surface area contributed by atoms with Crippen molar-refractivity contribution < 1.29 is 14.3 Å². The van der Waals surface area contributed by atoms with Crippen LogP contribution in [0.5, 0.6) is 0 Å². The van der Waals surface area contributed by atoms with Gasteiger partial charge in [-0.25, -0.2) is 15.0 Å². The van der Waals surface area contributed by atoms with Crippen LogP contribution in [0.15, 0.2) is 29.6 Å². The molecule has 2 amide bonds. The van der Waals surface area contributed by atoms with Crippen LogP contribution in [-0.2, 0) is 17.6 Å². The summed E-state index contributed by atoms with van der Waals surface area (Å²) in [4.78, 5) is 29.6. The lowest BCUT2D eigenvalue weighted by Crippen LogP contribution is -2.25. The van der Waals surface area contributed by atoms with Crippen molar-refractivity contribution in [3.05, 3.63) is 46.1 Å². The van der Waals surface area contributed by atoms with Crippen LogP contribution in [0.25, 0.3) is 0 Å². The van der Waals surface area contributed by atoms with Gasteiger partial charge in [0, 0.05) is 17.3 Å². The first-order valence-corrected chi connectivity index (χ1v) is 9.32. The number of ether oxygens (including phenoxy) is 1. The molecular weight excluding hydrogens is 352 g/mol. The fourth-order valence-corrected chi connectivity index (χ4v) is 4.09. The topological polar surface area (TPSA) is 92.7 Å². The predicted molar refractivity (Wildman–Crippen MR) is 101 cm³/mol.